The van der Waals surface area contributed by atoms with E-state index in [1.807, 2.05) is 0 Å². The number of fused-ring (bicyclic) bond motifs is 1. The molecule has 1 heterocycles. The van der Waals surface area contributed by atoms with Gasteiger partial charge in [-0.15, -0.1) is 0 Å². The number of nitrogens with one attached hydrogen (secondary N) is 2. The maximum atomic E-state index is 12.3. The second kappa shape index (κ2) is 6.13. The van der Waals surface area contributed by atoms with Crippen molar-refractivity contribution >= 4 is 34.9 Å². The van der Waals surface area contributed by atoms with Gasteiger partial charge in [0.1, 0.15) is 5.75 Å². The van der Waals surface area contributed by atoms with E-state index in [1.165, 1.54) is 0 Å². The summed E-state index contributed by atoms with van der Waals surface area (Å²) in [6.45, 7) is 1.66. The molecule has 2 amide bonds. The van der Waals surface area contributed by atoms with Gasteiger partial charge in [0.2, 0.25) is 0 Å². The van der Waals surface area contributed by atoms with Crippen LogP contribution in [0.5, 0.6) is 5.75 Å². The van der Waals surface area contributed by atoms with Crippen molar-refractivity contribution in [1.82, 2.24) is 0 Å². The van der Waals surface area contributed by atoms with Gasteiger partial charge in [-0.2, -0.15) is 0 Å². The number of benzene rings is 2. The fraction of sp³-hybridized carbons (Fsp3) is 0.125. The molecule has 0 saturated carbocycles. The van der Waals surface area contributed by atoms with Crippen molar-refractivity contribution in [2.75, 3.05) is 10.6 Å². The molecule has 2 aromatic rings. The van der Waals surface area contributed by atoms with E-state index in [9.17, 15) is 13.8 Å². The number of carbonyl (C=O) groups excluding carboxylic acids is 2. The zero-order chi connectivity index (χ0) is 16.4. The minimum atomic E-state index is -0.556. The van der Waals surface area contributed by atoms with Gasteiger partial charge in [-0.3, -0.25) is 9.59 Å². The van der Waals surface area contributed by atoms with Gasteiger partial charge in [0.15, 0.2) is 6.10 Å². The van der Waals surface area contributed by atoms with Gasteiger partial charge in [0.05, 0.1) is 5.69 Å². The Morgan fingerprint density at radius 3 is 2.65 bits per heavy atom. The fourth-order valence-corrected chi connectivity index (χ4v) is 2.39. The molecule has 1 unspecified atom stereocenters. The van der Waals surface area contributed by atoms with Crippen LogP contribution < -0.4 is 15.4 Å². The highest BCUT2D eigenvalue weighted by Gasteiger charge is 2.24. The van der Waals surface area contributed by atoms with Crippen LogP contribution in [-0.4, -0.2) is 17.9 Å². The average molecular weight is 329 g/mol. The normalized spacial score (nSPS) is 15.9. The van der Waals surface area contributed by atoms with Crippen molar-refractivity contribution in [3.8, 4) is 5.75 Å². The van der Waals surface area contributed by atoms with Crippen LogP contribution >= 0.6 is 0 Å². The zero-order valence-corrected chi connectivity index (χ0v) is 13.0. The van der Waals surface area contributed by atoms with Crippen LogP contribution in [0.3, 0.4) is 0 Å². The highest BCUT2D eigenvalue weighted by Crippen LogP contribution is 2.30. The molecule has 1 atom stereocenters. The lowest BCUT2D eigenvalue weighted by Gasteiger charge is -2.23. The SMILES string of the molecule is CC1Oc2ccc(C(=O)Nc3ccc([S+]=O)cc3)cc2NC1=O. The second-order valence-electron chi connectivity index (χ2n) is 5.02. The van der Waals surface area contributed by atoms with Crippen LogP contribution in [0.1, 0.15) is 17.3 Å². The summed E-state index contributed by atoms with van der Waals surface area (Å²) in [5, 5.41) is 5.43. The number of amides is 2. The van der Waals surface area contributed by atoms with Gasteiger partial charge < -0.3 is 15.4 Å². The van der Waals surface area contributed by atoms with Crippen LogP contribution in [-0.2, 0) is 20.7 Å². The molecule has 0 aromatic heterocycles. The van der Waals surface area contributed by atoms with Crippen molar-refractivity contribution < 1.29 is 18.5 Å². The first-order chi connectivity index (χ1) is 11.1. The number of hydrogen-bond acceptors (Lipinski definition) is 4. The molecule has 6 nitrogen and oxygen atoms in total. The summed E-state index contributed by atoms with van der Waals surface area (Å²) in [5.41, 5.74) is 1.45. The maximum absolute atomic E-state index is 12.3. The van der Waals surface area contributed by atoms with Gasteiger partial charge in [0.25, 0.3) is 16.7 Å². The molecule has 0 fully saturated rings. The van der Waals surface area contributed by atoms with E-state index in [2.05, 4.69) is 10.6 Å². The Labute approximate surface area is 136 Å². The Kier molecular flexibility index (Phi) is 4.03. The van der Waals surface area contributed by atoms with Gasteiger partial charge in [-0.25, -0.2) is 0 Å². The lowest BCUT2D eigenvalue weighted by molar-refractivity contribution is -0.122. The first-order valence-electron chi connectivity index (χ1n) is 6.89. The molecule has 1 aliphatic rings. The summed E-state index contributed by atoms with van der Waals surface area (Å²) in [7, 11) is 0. The Bertz CT molecular complexity index is 789. The summed E-state index contributed by atoms with van der Waals surface area (Å²) >= 11 is 0.392. The van der Waals surface area contributed by atoms with Gasteiger partial charge >= 0.3 is 11.7 Å². The van der Waals surface area contributed by atoms with Crippen molar-refractivity contribution in [2.45, 2.75) is 17.9 Å². The molecule has 2 N–H and O–H groups in total. The molecular weight excluding hydrogens is 316 g/mol. The highest BCUT2D eigenvalue weighted by molar-refractivity contribution is 7.65. The van der Waals surface area contributed by atoms with Crippen LogP contribution in [0, 0.1) is 0 Å². The molecule has 116 valence electrons. The van der Waals surface area contributed by atoms with E-state index in [-0.39, 0.29) is 11.8 Å². The molecule has 2 aromatic carbocycles. The predicted octanol–water partition coefficient (Wildman–Crippen LogP) is 2.45. The highest BCUT2D eigenvalue weighted by atomic mass is 32.1. The summed E-state index contributed by atoms with van der Waals surface area (Å²) < 4.78 is 16.1. The third kappa shape index (κ3) is 3.19. The molecule has 0 radical (unpaired) electrons. The maximum Gasteiger partial charge on any atom is 0.505 e. The summed E-state index contributed by atoms with van der Waals surface area (Å²) in [5.74, 6) is -0.0329. The number of anilines is 2. The van der Waals surface area contributed by atoms with E-state index in [0.29, 0.717) is 39.2 Å². The minimum absolute atomic E-state index is 0.249. The van der Waals surface area contributed by atoms with Crippen molar-refractivity contribution in [1.29, 1.82) is 0 Å². The topological polar surface area (TPSA) is 84.5 Å². The fourth-order valence-electron chi connectivity index (χ4n) is 2.15. The Morgan fingerprint density at radius 1 is 1.22 bits per heavy atom. The first kappa shape index (κ1) is 15.1. The molecule has 23 heavy (non-hydrogen) atoms. The molecular formula is C16H13N2O4S+. The number of carbonyl (C=O) groups is 2. The Morgan fingerprint density at radius 2 is 1.96 bits per heavy atom. The van der Waals surface area contributed by atoms with Crippen LogP contribution in [0.4, 0.5) is 11.4 Å². The lowest BCUT2D eigenvalue weighted by atomic mass is 10.1. The van der Waals surface area contributed by atoms with E-state index in [1.54, 1.807) is 49.4 Å². The standard InChI is InChI=1S/C16H12N2O4S/c1-9-15(19)18-13-8-10(2-7-14(13)22-9)16(20)17-11-3-5-12(23-21)6-4-11/h2-9H,1H3,(H-,17,18,19,20,21)/p+1. The molecule has 7 heteroatoms. The number of rotatable bonds is 3. The summed E-state index contributed by atoms with van der Waals surface area (Å²) in [4.78, 5) is 24.5. The Balaban J connectivity index is 1.78. The third-order valence-electron chi connectivity index (χ3n) is 3.38. The molecule has 0 saturated heterocycles. The van der Waals surface area contributed by atoms with Gasteiger partial charge in [0, 0.05) is 27.6 Å². The van der Waals surface area contributed by atoms with E-state index >= 15 is 0 Å². The number of hydrogen-bond donors (Lipinski definition) is 2. The number of ether oxygens (including phenoxy) is 1. The minimum Gasteiger partial charge on any atom is -0.479 e. The molecule has 0 aliphatic carbocycles. The van der Waals surface area contributed by atoms with E-state index in [4.69, 9.17) is 4.74 Å². The predicted molar refractivity (Wildman–Crippen MR) is 85.9 cm³/mol. The molecule has 0 spiro atoms. The van der Waals surface area contributed by atoms with Gasteiger partial charge in [-0.05, 0) is 37.3 Å². The third-order valence-corrected chi connectivity index (χ3v) is 3.85. The van der Waals surface area contributed by atoms with Crippen LogP contribution in [0.15, 0.2) is 47.4 Å². The molecule has 1 aliphatic heterocycles. The Hall–Kier alpha value is -2.80. The zero-order valence-electron chi connectivity index (χ0n) is 12.2. The van der Waals surface area contributed by atoms with Crippen molar-refractivity contribution in [2.24, 2.45) is 0 Å². The molecule has 3 rings (SSSR count). The first-order valence-corrected chi connectivity index (χ1v) is 7.64. The summed E-state index contributed by atoms with van der Waals surface area (Å²) in [6.07, 6.45) is -0.556. The monoisotopic (exact) mass is 329 g/mol. The smallest absolute Gasteiger partial charge is 0.479 e. The van der Waals surface area contributed by atoms with Crippen LogP contribution in [0.2, 0.25) is 0 Å². The van der Waals surface area contributed by atoms with Crippen molar-refractivity contribution in [3.63, 3.8) is 0 Å². The average Bonchev–Trinajstić information content (AvgIpc) is 2.56. The van der Waals surface area contributed by atoms with Gasteiger partial charge in [-0.1, -0.05) is 0 Å². The lowest BCUT2D eigenvalue weighted by Crippen LogP contribution is -2.34. The van der Waals surface area contributed by atoms with E-state index < -0.39 is 6.10 Å². The van der Waals surface area contributed by atoms with E-state index in [0.717, 1.165) is 0 Å². The second-order valence-corrected chi connectivity index (χ2v) is 5.66. The largest absolute Gasteiger partial charge is 0.505 e. The summed E-state index contributed by atoms with van der Waals surface area (Å²) in [6, 6.07) is 11.4. The molecule has 0 bridgehead atoms. The quantitative estimate of drug-likeness (QED) is 0.847. The van der Waals surface area contributed by atoms with Crippen molar-refractivity contribution in [3.05, 3.63) is 48.0 Å². The van der Waals surface area contributed by atoms with Crippen LogP contribution in [0.25, 0.3) is 0 Å².